The maximum Gasteiger partial charge on any atom is 0.249 e. The van der Waals surface area contributed by atoms with Gasteiger partial charge in [0.1, 0.15) is 0 Å². The van der Waals surface area contributed by atoms with Gasteiger partial charge in [-0.1, -0.05) is 6.07 Å². The van der Waals surface area contributed by atoms with Crippen LogP contribution in [0.5, 0.6) is 0 Å². The largest absolute Gasteiger partial charge is 0.385 e. The van der Waals surface area contributed by atoms with Crippen molar-refractivity contribution in [3.05, 3.63) is 29.3 Å². The molecule has 1 aromatic carbocycles. The van der Waals surface area contributed by atoms with Crippen molar-refractivity contribution in [2.75, 3.05) is 20.3 Å². The predicted molar refractivity (Wildman–Crippen MR) is 71.4 cm³/mol. The van der Waals surface area contributed by atoms with Crippen LogP contribution in [0.15, 0.2) is 23.1 Å². The molecule has 0 saturated carbocycles. The molecule has 0 aromatic heterocycles. The highest BCUT2D eigenvalue weighted by atomic mass is 32.2. The van der Waals surface area contributed by atoms with E-state index in [0.717, 1.165) is 0 Å². The molecule has 0 aliphatic heterocycles. The molecule has 7 heteroatoms. The molecule has 0 saturated heterocycles. The smallest absolute Gasteiger partial charge is 0.249 e. The maximum atomic E-state index is 12.0. The lowest BCUT2D eigenvalue weighted by atomic mass is 10.1. The third-order valence-electron chi connectivity index (χ3n) is 2.60. The fraction of sp³-hybridized carbons (Fsp3) is 0.417. The molecule has 0 spiro atoms. The summed E-state index contributed by atoms with van der Waals surface area (Å²) < 4.78 is 31.2. The highest BCUT2D eigenvalue weighted by Gasteiger charge is 2.16. The Balaban J connectivity index is 2.89. The Morgan fingerprint density at radius 1 is 1.42 bits per heavy atom. The Labute approximate surface area is 113 Å². The summed E-state index contributed by atoms with van der Waals surface area (Å²) in [5.41, 5.74) is 6.05. The summed E-state index contributed by atoms with van der Waals surface area (Å²) in [7, 11) is -2.08. The quantitative estimate of drug-likeness (QED) is 0.709. The minimum absolute atomic E-state index is 0.0318. The number of amides is 1. The van der Waals surface area contributed by atoms with Gasteiger partial charge in [0, 0.05) is 25.8 Å². The van der Waals surface area contributed by atoms with E-state index in [1.54, 1.807) is 20.1 Å². The average molecular weight is 286 g/mol. The minimum Gasteiger partial charge on any atom is -0.385 e. The van der Waals surface area contributed by atoms with Crippen LogP contribution < -0.4 is 10.5 Å². The summed E-state index contributed by atoms with van der Waals surface area (Å²) in [6.07, 6.45) is 0.574. The van der Waals surface area contributed by atoms with E-state index in [9.17, 15) is 13.2 Å². The second kappa shape index (κ2) is 6.65. The standard InChI is InChI=1S/C12H18N2O4S/c1-9-4-5-10(8-11(9)12(13)15)19(16,17)14-6-3-7-18-2/h4-5,8,14H,3,6-7H2,1-2H3,(H2,13,15). The van der Waals surface area contributed by atoms with Crippen LogP contribution in [0.3, 0.4) is 0 Å². The Morgan fingerprint density at radius 3 is 2.68 bits per heavy atom. The van der Waals surface area contributed by atoms with Gasteiger partial charge in [0.2, 0.25) is 15.9 Å². The third kappa shape index (κ3) is 4.30. The van der Waals surface area contributed by atoms with E-state index in [2.05, 4.69) is 4.72 Å². The summed E-state index contributed by atoms with van der Waals surface area (Å²) in [5.74, 6) is -0.645. The first kappa shape index (κ1) is 15.6. The SMILES string of the molecule is COCCCNS(=O)(=O)c1ccc(C)c(C(N)=O)c1. The number of hydrogen-bond acceptors (Lipinski definition) is 4. The van der Waals surface area contributed by atoms with Crippen molar-refractivity contribution in [2.45, 2.75) is 18.2 Å². The number of aryl methyl sites for hydroxylation is 1. The van der Waals surface area contributed by atoms with Crippen molar-refractivity contribution in [3.63, 3.8) is 0 Å². The number of ether oxygens (including phenoxy) is 1. The molecule has 6 nitrogen and oxygen atoms in total. The van der Waals surface area contributed by atoms with E-state index in [-0.39, 0.29) is 17.0 Å². The van der Waals surface area contributed by atoms with E-state index in [1.165, 1.54) is 12.1 Å². The van der Waals surface area contributed by atoms with Crippen LogP contribution in [0.1, 0.15) is 22.3 Å². The van der Waals surface area contributed by atoms with Crippen molar-refractivity contribution in [1.29, 1.82) is 0 Å². The number of sulfonamides is 1. The zero-order chi connectivity index (χ0) is 14.5. The molecular formula is C12H18N2O4S. The first-order valence-corrected chi connectivity index (χ1v) is 7.26. The normalized spacial score (nSPS) is 11.5. The lowest BCUT2D eigenvalue weighted by Crippen LogP contribution is -2.26. The molecule has 0 aliphatic carbocycles. The molecule has 0 unspecified atom stereocenters. The molecule has 1 aromatic rings. The molecule has 19 heavy (non-hydrogen) atoms. The summed E-state index contributed by atoms with van der Waals surface area (Å²) in [5, 5.41) is 0. The van der Waals surface area contributed by atoms with Gasteiger partial charge in [-0.2, -0.15) is 0 Å². The Morgan fingerprint density at radius 2 is 2.11 bits per heavy atom. The molecule has 0 aliphatic rings. The van der Waals surface area contributed by atoms with Crippen LogP contribution in [-0.4, -0.2) is 34.6 Å². The molecular weight excluding hydrogens is 268 g/mol. The van der Waals surface area contributed by atoms with Crippen LogP contribution in [0.2, 0.25) is 0 Å². The Hall–Kier alpha value is -1.44. The molecule has 0 fully saturated rings. The van der Waals surface area contributed by atoms with Crippen LogP contribution in [0.4, 0.5) is 0 Å². The zero-order valence-corrected chi connectivity index (χ0v) is 11.8. The molecule has 106 valence electrons. The number of benzene rings is 1. The van der Waals surface area contributed by atoms with E-state index < -0.39 is 15.9 Å². The predicted octanol–water partition coefficient (Wildman–Crippen LogP) is 0.409. The number of carbonyl (C=O) groups excluding carboxylic acids is 1. The number of nitrogens with one attached hydrogen (secondary N) is 1. The number of rotatable bonds is 7. The maximum absolute atomic E-state index is 12.0. The topological polar surface area (TPSA) is 98.5 Å². The molecule has 0 heterocycles. The van der Waals surface area contributed by atoms with Gasteiger partial charge in [0.15, 0.2) is 0 Å². The molecule has 3 N–H and O–H groups in total. The molecule has 0 bridgehead atoms. The van der Waals surface area contributed by atoms with Crippen molar-refractivity contribution in [1.82, 2.24) is 4.72 Å². The Kier molecular flexibility index (Phi) is 5.46. The second-order valence-electron chi connectivity index (χ2n) is 4.09. The molecule has 0 atom stereocenters. The summed E-state index contributed by atoms with van der Waals surface area (Å²) in [4.78, 5) is 11.2. The lowest BCUT2D eigenvalue weighted by Gasteiger charge is -2.09. The van der Waals surface area contributed by atoms with Crippen molar-refractivity contribution in [2.24, 2.45) is 5.73 Å². The Bertz CT molecular complexity index is 555. The van der Waals surface area contributed by atoms with Crippen LogP contribution >= 0.6 is 0 Å². The van der Waals surface area contributed by atoms with Gasteiger partial charge in [-0.25, -0.2) is 13.1 Å². The highest BCUT2D eigenvalue weighted by molar-refractivity contribution is 7.89. The van der Waals surface area contributed by atoms with Gasteiger partial charge < -0.3 is 10.5 Å². The van der Waals surface area contributed by atoms with Gasteiger partial charge >= 0.3 is 0 Å². The summed E-state index contributed by atoms with van der Waals surface area (Å²) >= 11 is 0. The zero-order valence-electron chi connectivity index (χ0n) is 11.0. The van der Waals surface area contributed by atoms with E-state index in [4.69, 9.17) is 10.5 Å². The monoisotopic (exact) mass is 286 g/mol. The summed E-state index contributed by atoms with van der Waals surface area (Å²) in [6, 6.07) is 4.29. The fourth-order valence-electron chi connectivity index (χ4n) is 1.54. The van der Waals surface area contributed by atoms with Gasteiger partial charge in [-0.05, 0) is 31.0 Å². The number of methoxy groups -OCH3 is 1. The molecule has 0 radical (unpaired) electrons. The van der Waals surface area contributed by atoms with E-state index >= 15 is 0 Å². The second-order valence-corrected chi connectivity index (χ2v) is 5.85. The van der Waals surface area contributed by atoms with E-state index in [1.807, 2.05) is 0 Å². The van der Waals surface area contributed by atoms with Crippen LogP contribution in [0.25, 0.3) is 0 Å². The van der Waals surface area contributed by atoms with Gasteiger partial charge in [-0.3, -0.25) is 4.79 Å². The fourth-order valence-corrected chi connectivity index (χ4v) is 2.64. The number of carbonyl (C=O) groups is 1. The third-order valence-corrected chi connectivity index (χ3v) is 4.06. The van der Waals surface area contributed by atoms with Gasteiger partial charge in [-0.15, -0.1) is 0 Å². The van der Waals surface area contributed by atoms with Gasteiger partial charge in [0.25, 0.3) is 0 Å². The number of nitrogens with two attached hydrogens (primary N) is 1. The lowest BCUT2D eigenvalue weighted by molar-refractivity contribution is 0.0999. The van der Waals surface area contributed by atoms with E-state index in [0.29, 0.717) is 18.6 Å². The number of primary amides is 1. The van der Waals surface area contributed by atoms with Crippen LogP contribution in [0, 0.1) is 6.92 Å². The van der Waals surface area contributed by atoms with Crippen molar-refractivity contribution < 1.29 is 17.9 Å². The van der Waals surface area contributed by atoms with Crippen molar-refractivity contribution in [3.8, 4) is 0 Å². The first-order valence-electron chi connectivity index (χ1n) is 5.77. The minimum atomic E-state index is -3.63. The number of hydrogen-bond donors (Lipinski definition) is 2. The van der Waals surface area contributed by atoms with Crippen LogP contribution in [-0.2, 0) is 14.8 Å². The molecule has 1 rings (SSSR count). The highest BCUT2D eigenvalue weighted by Crippen LogP contribution is 2.15. The molecule has 1 amide bonds. The first-order chi connectivity index (χ1) is 8.88. The average Bonchev–Trinajstić information content (AvgIpc) is 2.34. The summed E-state index contributed by atoms with van der Waals surface area (Å²) in [6.45, 7) is 2.45. The van der Waals surface area contributed by atoms with Crippen molar-refractivity contribution >= 4 is 15.9 Å². The van der Waals surface area contributed by atoms with Gasteiger partial charge in [0.05, 0.1) is 4.90 Å².